The predicted octanol–water partition coefficient (Wildman–Crippen LogP) is 4.06. The average Bonchev–Trinajstić information content (AvgIpc) is 3.06. The van der Waals surface area contributed by atoms with E-state index < -0.39 is 5.41 Å². The van der Waals surface area contributed by atoms with Gasteiger partial charge in [0.25, 0.3) is 0 Å². The van der Waals surface area contributed by atoms with Gasteiger partial charge >= 0.3 is 0 Å². The lowest BCUT2D eigenvalue weighted by atomic mass is 9.68. The molecule has 164 valence electrons. The van der Waals surface area contributed by atoms with Gasteiger partial charge < -0.3 is 14.5 Å². The number of halogens is 1. The fraction of sp³-hybridized carbons (Fsp3) is 0.440. The van der Waals surface area contributed by atoms with Gasteiger partial charge in [-0.05, 0) is 36.1 Å². The lowest BCUT2D eigenvalue weighted by molar-refractivity contribution is -0.143. The van der Waals surface area contributed by atoms with Crippen LogP contribution in [-0.2, 0) is 16.1 Å². The summed E-state index contributed by atoms with van der Waals surface area (Å²) in [5.74, 6) is 1.49. The topological polar surface area (TPSA) is 49.9 Å². The molecule has 0 aromatic heterocycles. The Labute approximate surface area is 188 Å². The van der Waals surface area contributed by atoms with Crippen LogP contribution in [0.4, 0.5) is 0 Å². The van der Waals surface area contributed by atoms with E-state index in [9.17, 15) is 9.59 Å². The van der Waals surface area contributed by atoms with Gasteiger partial charge in [0.05, 0.1) is 12.5 Å². The maximum Gasteiger partial charge on any atom is 0.229 e. The zero-order valence-electron chi connectivity index (χ0n) is 17.9. The van der Waals surface area contributed by atoms with Gasteiger partial charge in [-0.25, -0.2) is 0 Å². The minimum Gasteiger partial charge on any atom is -0.497 e. The Kier molecular flexibility index (Phi) is 6.51. The largest absolute Gasteiger partial charge is 0.497 e. The van der Waals surface area contributed by atoms with Crippen molar-refractivity contribution in [2.75, 3.05) is 32.6 Å². The van der Waals surface area contributed by atoms with E-state index >= 15 is 0 Å². The number of hydrogen-bond donors (Lipinski definition) is 0. The highest BCUT2D eigenvalue weighted by molar-refractivity contribution is 6.18. The maximum atomic E-state index is 13.8. The second-order valence-electron chi connectivity index (χ2n) is 8.48. The van der Waals surface area contributed by atoms with Gasteiger partial charge in [0, 0.05) is 44.4 Å². The smallest absolute Gasteiger partial charge is 0.229 e. The molecule has 0 bridgehead atoms. The van der Waals surface area contributed by atoms with E-state index in [1.165, 1.54) is 0 Å². The Morgan fingerprint density at radius 1 is 1.13 bits per heavy atom. The normalized spacial score (nSPS) is 20.3. The number of carbonyl (C=O) groups is 2. The van der Waals surface area contributed by atoms with E-state index in [0.29, 0.717) is 51.3 Å². The predicted molar refractivity (Wildman–Crippen MR) is 121 cm³/mol. The van der Waals surface area contributed by atoms with E-state index in [0.717, 1.165) is 16.9 Å². The molecule has 0 saturated carbocycles. The summed E-state index contributed by atoms with van der Waals surface area (Å²) in [6.07, 6.45) is 1.70. The van der Waals surface area contributed by atoms with Crippen molar-refractivity contribution in [2.24, 2.45) is 5.41 Å². The van der Waals surface area contributed by atoms with Crippen molar-refractivity contribution < 1.29 is 14.3 Å². The van der Waals surface area contributed by atoms with E-state index in [1.54, 1.807) is 7.11 Å². The Bertz CT molecular complexity index is 925. The minimum atomic E-state index is -0.487. The van der Waals surface area contributed by atoms with Crippen LogP contribution >= 0.6 is 11.6 Å². The SMILES string of the molecule is COc1cccc(C2CN(Cc3ccccc3)C(=O)C23CCN(C(=O)CCCl)CC3)c1. The minimum absolute atomic E-state index is 0.0732. The molecule has 6 heteroatoms. The number of nitrogens with zero attached hydrogens (tertiary/aromatic N) is 2. The van der Waals surface area contributed by atoms with Gasteiger partial charge in [-0.2, -0.15) is 0 Å². The molecular formula is C25H29ClN2O3. The number of ether oxygens (including phenoxy) is 1. The summed E-state index contributed by atoms with van der Waals surface area (Å²) >= 11 is 5.77. The lowest BCUT2D eigenvalue weighted by Gasteiger charge is -2.41. The van der Waals surface area contributed by atoms with Crippen LogP contribution in [0.2, 0.25) is 0 Å². The molecule has 0 radical (unpaired) electrons. The molecule has 2 aromatic rings. The first kappa shape index (κ1) is 21.7. The zero-order chi connectivity index (χ0) is 21.8. The summed E-state index contributed by atoms with van der Waals surface area (Å²) < 4.78 is 5.45. The lowest BCUT2D eigenvalue weighted by Crippen LogP contribution is -2.48. The fourth-order valence-electron chi connectivity index (χ4n) is 5.12. The second-order valence-corrected chi connectivity index (χ2v) is 8.85. The summed E-state index contributed by atoms with van der Waals surface area (Å²) in [6.45, 7) is 2.48. The van der Waals surface area contributed by atoms with Crippen molar-refractivity contribution in [2.45, 2.75) is 31.7 Å². The number of alkyl halides is 1. The molecule has 2 amide bonds. The summed E-state index contributed by atoms with van der Waals surface area (Å²) in [5.41, 5.74) is 1.77. The van der Waals surface area contributed by atoms with Gasteiger partial charge in [-0.3, -0.25) is 9.59 Å². The molecule has 31 heavy (non-hydrogen) atoms. The van der Waals surface area contributed by atoms with Crippen molar-refractivity contribution in [3.8, 4) is 5.75 Å². The Morgan fingerprint density at radius 2 is 1.87 bits per heavy atom. The standard InChI is InChI=1S/C25H29ClN2O3/c1-31-21-9-5-8-20(16-21)22-18-28(17-19-6-3-2-4-7-19)24(30)25(22)11-14-27(15-12-25)23(29)10-13-26/h2-9,16,22H,10-15,17-18H2,1H3. The van der Waals surface area contributed by atoms with Gasteiger partial charge in [-0.1, -0.05) is 42.5 Å². The van der Waals surface area contributed by atoms with Crippen LogP contribution in [0.5, 0.6) is 5.75 Å². The van der Waals surface area contributed by atoms with Crippen LogP contribution in [0.1, 0.15) is 36.3 Å². The van der Waals surface area contributed by atoms with Gasteiger partial charge in [0.15, 0.2) is 0 Å². The van der Waals surface area contributed by atoms with Gasteiger partial charge in [-0.15, -0.1) is 11.6 Å². The van der Waals surface area contributed by atoms with E-state index in [4.69, 9.17) is 16.3 Å². The zero-order valence-corrected chi connectivity index (χ0v) is 18.7. The quantitative estimate of drug-likeness (QED) is 0.636. The third-order valence-electron chi connectivity index (χ3n) is 6.81. The molecule has 5 nitrogen and oxygen atoms in total. The van der Waals surface area contributed by atoms with E-state index in [2.05, 4.69) is 24.3 Å². The first-order valence-electron chi connectivity index (χ1n) is 10.9. The average molecular weight is 441 g/mol. The number of benzene rings is 2. The molecule has 2 aromatic carbocycles. The molecule has 2 aliphatic heterocycles. The van der Waals surface area contributed by atoms with Crippen LogP contribution in [0.3, 0.4) is 0 Å². The van der Waals surface area contributed by atoms with Crippen molar-refractivity contribution in [1.82, 2.24) is 9.80 Å². The molecule has 1 spiro atoms. The van der Waals surface area contributed by atoms with Crippen LogP contribution in [0.25, 0.3) is 0 Å². The summed E-state index contributed by atoms with van der Waals surface area (Å²) in [7, 11) is 1.66. The van der Waals surface area contributed by atoms with Crippen LogP contribution in [0, 0.1) is 5.41 Å². The number of hydrogen-bond acceptors (Lipinski definition) is 3. The van der Waals surface area contributed by atoms with Crippen LogP contribution in [-0.4, -0.2) is 54.2 Å². The fourth-order valence-corrected chi connectivity index (χ4v) is 5.28. The number of methoxy groups -OCH3 is 1. The van der Waals surface area contributed by atoms with E-state index in [1.807, 2.05) is 40.1 Å². The van der Waals surface area contributed by atoms with Crippen molar-refractivity contribution in [3.05, 3.63) is 65.7 Å². The van der Waals surface area contributed by atoms with Crippen LogP contribution < -0.4 is 4.74 Å². The van der Waals surface area contributed by atoms with Crippen molar-refractivity contribution in [3.63, 3.8) is 0 Å². The summed E-state index contributed by atoms with van der Waals surface area (Å²) in [6, 6.07) is 18.2. The summed E-state index contributed by atoms with van der Waals surface area (Å²) in [4.78, 5) is 30.0. The number of likely N-dealkylation sites (tertiary alicyclic amines) is 2. The molecular weight excluding hydrogens is 412 g/mol. The molecule has 2 heterocycles. The third-order valence-corrected chi connectivity index (χ3v) is 7.00. The number of amides is 2. The molecule has 2 fully saturated rings. The molecule has 0 aliphatic carbocycles. The summed E-state index contributed by atoms with van der Waals surface area (Å²) in [5, 5.41) is 0. The first-order valence-corrected chi connectivity index (χ1v) is 11.4. The maximum absolute atomic E-state index is 13.8. The molecule has 4 rings (SSSR count). The molecule has 0 N–H and O–H groups in total. The van der Waals surface area contributed by atoms with Crippen molar-refractivity contribution in [1.29, 1.82) is 0 Å². The number of carbonyl (C=O) groups excluding carboxylic acids is 2. The number of rotatable bonds is 6. The molecule has 1 unspecified atom stereocenters. The Morgan fingerprint density at radius 3 is 2.55 bits per heavy atom. The molecule has 2 saturated heterocycles. The van der Waals surface area contributed by atoms with Gasteiger partial charge in [0.1, 0.15) is 5.75 Å². The van der Waals surface area contributed by atoms with E-state index in [-0.39, 0.29) is 17.7 Å². The monoisotopic (exact) mass is 440 g/mol. The Balaban J connectivity index is 1.62. The van der Waals surface area contributed by atoms with Crippen LogP contribution in [0.15, 0.2) is 54.6 Å². The number of piperidine rings is 1. The highest BCUT2D eigenvalue weighted by atomic mass is 35.5. The molecule has 2 aliphatic rings. The second kappa shape index (κ2) is 9.31. The van der Waals surface area contributed by atoms with Gasteiger partial charge in [0.2, 0.25) is 11.8 Å². The third kappa shape index (κ3) is 4.29. The molecule has 1 atom stereocenters. The Hall–Kier alpha value is -2.53. The first-order chi connectivity index (χ1) is 15.1. The highest BCUT2D eigenvalue weighted by Crippen LogP contribution is 2.51. The van der Waals surface area contributed by atoms with Crippen molar-refractivity contribution >= 4 is 23.4 Å². The highest BCUT2D eigenvalue weighted by Gasteiger charge is 2.55.